The SMILES string of the molecule is C=CC(=O)OC(=O)C=C.S.S.S.S.[C-]#[N+]C[C@@H]1CCCN(c2nc(OC[C@@H]3CCCN3C)nc3c2CCN(c2cccc4cccc(Cl)c24)C3)C1.[C-]#[N+]C[C@H]1CN(c2nc(OC[C@@H]3CCCN3C)nc3c2CCN(c2cccc4cccc(Cl)c24)C3)CCN1C(=O)C=C. The Morgan fingerprint density at radius 3 is 1.46 bits per heavy atom. The average molecular weight is 1380 g/mol. The van der Waals surface area contributed by atoms with Crippen LogP contribution in [0.25, 0.3) is 31.2 Å². The molecule has 0 aliphatic carbocycles. The summed E-state index contributed by atoms with van der Waals surface area (Å²) in [7, 11) is 4.30. The lowest BCUT2D eigenvalue weighted by molar-refractivity contribution is -0.152. The van der Waals surface area contributed by atoms with E-state index in [4.69, 9.17) is 65.8 Å². The fourth-order valence-electron chi connectivity index (χ4n) is 13.1. The normalized spacial score (nSPS) is 19.1. The number of fused-ring (bicyclic) bond motifs is 4. The van der Waals surface area contributed by atoms with Gasteiger partial charge in [-0.3, -0.25) is 4.79 Å². The van der Waals surface area contributed by atoms with Gasteiger partial charge in [-0.1, -0.05) is 91.5 Å². The molecule has 25 heteroatoms. The van der Waals surface area contributed by atoms with Crippen LogP contribution < -0.4 is 29.1 Å². The molecule has 4 fully saturated rings. The first kappa shape index (κ1) is 75.1. The maximum absolute atomic E-state index is 12.5. The highest BCUT2D eigenvalue weighted by molar-refractivity contribution is 7.59. The zero-order chi connectivity index (χ0) is 62.6. The highest BCUT2D eigenvalue weighted by Crippen LogP contribution is 2.40. The fourth-order valence-corrected chi connectivity index (χ4v) is 13.6. The molecular weight excluding hydrogens is 1290 g/mol. The number of rotatable bonds is 15. The molecular formula is C68H85Cl2N13O6S4. The van der Waals surface area contributed by atoms with Crippen LogP contribution in [0.3, 0.4) is 0 Å². The molecule has 12 rings (SSSR count). The number of hydrogen-bond donors (Lipinski definition) is 0. The van der Waals surface area contributed by atoms with Crippen LogP contribution in [0.2, 0.25) is 10.0 Å². The molecule has 0 N–H and O–H groups in total. The van der Waals surface area contributed by atoms with E-state index < -0.39 is 11.9 Å². The number of carbonyl (C=O) groups is 3. The Morgan fingerprint density at radius 1 is 0.559 bits per heavy atom. The van der Waals surface area contributed by atoms with E-state index in [1.54, 1.807) is 4.90 Å². The number of aromatic nitrogens is 4. The van der Waals surface area contributed by atoms with E-state index in [0.717, 1.165) is 161 Å². The molecule has 4 atom stereocenters. The molecule has 496 valence electrons. The second-order valence-electron chi connectivity index (χ2n) is 23.4. The lowest BCUT2D eigenvalue weighted by atomic mass is 9.96. The van der Waals surface area contributed by atoms with Gasteiger partial charge in [-0.05, 0) is 120 Å². The summed E-state index contributed by atoms with van der Waals surface area (Å²) in [5, 5.41) is 5.90. The molecule has 4 aromatic carbocycles. The van der Waals surface area contributed by atoms with Gasteiger partial charge in [0, 0.05) is 109 Å². The Bertz CT molecular complexity index is 3680. The first-order valence-corrected chi connectivity index (χ1v) is 31.4. The van der Waals surface area contributed by atoms with Crippen molar-refractivity contribution in [3.8, 4) is 12.0 Å². The number of hydrogen-bond acceptors (Lipinski definition) is 16. The summed E-state index contributed by atoms with van der Waals surface area (Å²) in [5.41, 5.74) is 6.54. The number of esters is 2. The van der Waals surface area contributed by atoms with Crippen molar-refractivity contribution in [1.29, 1.82) is 0 Å². The van der Waals surface area contributed by atoms with Crippen molar-refractivity contribution in [2.45, 2.75) is 82.6 Å². The fraction of sp³-hybridized carbons (Fsp3) is 0.426. The van der Waals surface area contributed by atoms with Crippen LogP contribution in [-0.4, -0.2) is 170 Å². The monoisotopic (exact) mass is 1380 g/mol. The molecule has 93 heavy (non-hydrogen) atoms. The van der Waals surface area contributed by atoms with E-state index in [2.05, 4.69) is 126 Å². The van der Waals surface area contributed by atoms with Gasteiger partial charge in [0.1, 0.15) is 30.9 Å². The van der Waals surface area contributed by atoms with Crippen LogP contribution in [0.15, 0.2) is 111 Å². The molecule has 6 aromatic rings. The number of halogens is 2. The number of likely N-dealkylation sites (tertiary alicyclic amines) is 2. The third-order valence-electron chi connectivity index (χ3n) is 17.8. The third-order valence-corrected chi connectivity index (χ3v) is 18.4. The van der Waals surface area contributed by atoms with Crippen molar-refractivity contribution in [3.05, 3.63) is 166 Å². The minimum atomic E-state index is -0.764. The number of anilines is 4. The predicted molar refractivity (Wildman–Crippen MR) is 393 cm³/mol. The van der Waals surface area contributed by atoms with Gasteiger partial charge in [0.2, 0.25) is 19.0 Å². The summed E-state index contributed by atoms with van der Waals surface area (Å²) in [6, 6.07) is 26.1. The van der Waals surface area contributed by atoms with E-state index >= 15 is 0 Å². The van der Waals surface area contributed by atoms with Crippen molar-refractivity contribution >= 4 is 140 Å². The molecule has 0 bridgehead atoms. The second-order valence-corrected chi connectivity index (χ2v) is 24.2. The van der Waals surface area contributed by atoms with Crippen molar-refractivity contribution in [2.24, 2.45) is 5.92 Å². The van der Waals surface area contributed by atoms with E-state index in [-0.39, 0.29) is 72.5 Å². The van der Waals surface area contributed by atoms with Crippen LogP contribution in [0.4, 0.5) is 23.0 Å². The Kier molecular flexibility index (Phi) is 28.7. The molecule has 0 saturated carbocycles. The number of carbonyl (C=O) groups excluding carboxylic acids is 3. The van der Waals surface area contributed by atoms with Crippen molar-refractivity contribution < 1.29 is 28.6 Å². The largest absolute Gasteiger partial charge is 0.462 e. The smallest absolute Gasteiger partial charge is 0.338 e. The zero-order valence-electron chi connectivity index (χ0n) is 52.9. The van der Waals surface area contributed by atoms with Crippen LogP contribution in [0, 0.1) is 19.1 Å². The molecule has 2 aromatic heterocycles. The highest BCUT2D eigenvalue weighted by atomic mass is 35.5. The van der Waals surface area contributed by atoms with Gasteiger partial charge in [0.05, 0.1) is 34.5 Å². The summed E-state index contributed by atoms with van der Waals surface area (Å²) in [6.07, 6.45) is 11.6. The number of piperidine rings is 1. The zero-order valence-corrected chi connectivity index (χ0v) is 58.4. The number of nitrogens with zero attached hydrogens (tertiary/aromatic N) is 13. The minimum Gasteiger partial charge on any atom is -0.462 e. The molecule has 8 heterocycles. The standard InChI is InChI=1S/C32H36ClN7O2.C30H35ClN6O.C6H6O3.4H2S/c1-4-29(41)40-17-16-39(19-24(40)18-34-2)31-25-13-15-38(28-12-6-9-22-8-5-11-26(33)30(22)28)20-27(25)35-32(36-31)42-21-23-10-7-14-37(23)3;1-32-17-21-7-5-15-37(18-21)29-24-13-16-36(27-12-4-9-22-8-3-11-25(31)28(22)27)19-26(24)33-30(34-29)38-20-23-10-6-14-35(23)2;1-3-5(7)9-6(8)4-2;;;;/h4-6,8-9,11-12,23-24H,1,7,10,13-21H2,3H3;3-4,8-9,11-12,21,23H,5-7,10,13-20H2,2H3;3-4H,1-2H2;4*1H2/t23-,24-;21-,23-;;;;;/m00...../s1. The van der Waals surface area contributed by atoms with Gasteiger partial charge in [-0.25, -0.2) is 22.7 Å². The third kappa shape index (κ3) is 18.1. The number of benzene rings is 4. The van der Waals surface area contributed by atoms with E-state index in [9.17, 15) is 14.4 Å². The first-order chi connectivity index (χ1) is 43.3. The summed E-state index contributed by atoms with van der Waals surface area (Å²) in [4.78, 5) is 75.9. The van der Waals surface area contributed by atoms with E-state index in [1.165, 1.54) is 24.5 Å². The Balaban J connectivity index is 0.000000252. The second kappa shape index (κ2) is 35.5. The van der Waals surface area contributed by atoms with Crippen LogP contribution >= 0.6 is 77.2 Å². The molecule has 6 aliphatic heterocycles. The Hall–Kier alpha value is -6.93. The highest BCUT2D eigenvalue weighted by Gasteiger charge is 2.36. The summed E-state index contributed by atoms with van der Waals surface area (Å²) in [5.74, 6) is 0.587. The van der Waals surface area contributed by atoms with E-state index in [0.29, 0.717) is 82.5 Å². The molecule has 4 saturated heterocycles. The average Bonchev–Trinajstić information content (AvgIpc) is 1.03. The maximum Gasteiger partial charge on any atom is 0.338 e. The molecule has 0 spiro atoms. The van der Waals surface area contributed by atoms with Crippen molar-refractivity contribution in [3.63, 3.8) is 0 Å². The van der Waals surface area contributed by atoms with Gasteiger partial charge in [0.15, 0.2) is 0 Å². The lowest BCUT2D eigenvalue weighted by Gasteiger charge is -2.41. The Labute approximate surface area is 584 Å². The van der Waals surface area contributed by atoms with Crippen molar-refractivity contribution in [1.82, 2.24) is 34.6 Å². The van der Waals surface area contributed by atoms with Crippen molar-refractivity contribution in [2.75, 3.05) is 119 Å². The van der Waals surface area contributed by atoms with Gasteiger partial charge in [-0.15, -0.1) is 0 Å². The summed E-state index contributed by atoms with van der Waals surface area (Å²) in [6.45, 7) is 35.3. The first-order valence-electron chi connectivity index (χ1n) is 30.7. The quantitative estimate of drug-likeness (QED) is 0.0413. The van der Waals surface area contributed by atoms with Gasteiger partial charge < -0.3 is 58.2 Å². The van der Waals surface area contributed by atoms with Crippen LogP contribution in [-0.2, 0) is 45.1 Å². The predicted octanol–water partition coefficient (Wildman–Crippen LogP) is 10.8. The van der Waals surface area contributed by atoms with Gasteiger partial charge >= 0.3 is 24.0 Å². The Morgan fingerprint density at radius 2 is 1.02 bits per heavy atom. The minimum absolute atomic E-state index is 0. The lowest BCUT2D eigenvalue weighted by Crippen LogP contribution is -2.56. The number of amides is 1. The molecule has 0 unspecified atom stereocenters. The van der Waals surface area contributed by atoms with E-state index in [1.807, 2.05) is 24.3 Å². The number of piperazine rings is 1. The van der Waals surface area contributed by atoms with Gasteiger partial charge in [-0.2, -0.15) is 73.9 Å². The number of ether oxygens (including phenoxy) is 3. The van der Waals surface area contributed by atoms with Crippen LogP contribution in [0.5, 0.6) is 12.0 Å². The summed E-state index contributed by atoms with van der Waals surface area (Å²) < 4.78 is 16.6. The maximum atomic E-state index is 12.5. The molecule has 19 nitrogen and oxygen atoms in total. The summed E-state index contributed by atoms with van der Waals surface area (Å²) >= 11 is 13.4. The molecule has 0 radical (unpaired) electrons. The molecule has 1 amide bonds. The topological polar surface area (TPSA) is 162 Å². The van der Waals surface area contributed by atoms with Crippen LogP contribution in [0.1, 0.15) is 61.0 Å². The van der Waals surface area contributed by atoms with Gasteiger partial charge in [0.25, 0.3) is 0 Å². The molecule has 6 aliphatic rings. The number of likely N-dealkylation sites (N-methyl/N-ethyl adjacent to an activating group) is 2.